The molecule has 0 aliphatic carbocycles. The maximum Gasteiger partial charge on any atom is 0.259 e. The lowest BCUT2D eigenvalue weighted by atomic mass is 9.65. The third-order valence-corrected chi connectivity index (χ3v) is 8.17. The maximum absolute atomic E-state index is 13.4. The molecule has 0 unspecified atom stereocenters. The lowest BCUT2D eigenvalue weighted by Crippen LogP contribution is -2.31. The summed E-state index contributed by atoms with van der Waals surface area (Å²) in [5.74, 6) is -0.480. The number of benzene rings is 5. The molecule has 0 radical (unpaired) electrons. The molecule has 5 aromatic rings. The van der Waals surface area contributed by atoms with Gasteiger partial charge in [-0.15, -0.1) is 0 Å². The summed E-state index contributed by atoms with van der Waals surface area (Å²) in [4.78, 5) is 13.4. The molecule has 0 aromatic heterocycles. The number of aromatic hydroxyl groups is 1. The van der Waals surface area contributed by atoms with Gasteiger partial charge in [-0.05, 0) is 51.9 Å². The van der Waals surface area contributed by atoms with E-state index in [1.165, 1.54) is 0 Å². The molecule has 0 heterocycles. The molecule has 0 bridgehead atoms. The molecule has 0 fully saturated rings. The highest BCUT2D eigenvalue weighted by Gasteiger charge is 2.38. The van der Waals surface area contributed by atoms with Gasteiger partial charge in [0.25, 0.3) is 5.91 Å². The first-order valence-corrected chi connectivity index (χ1v) is 14.6. The normalized spacial score (nSPS) is 11.7. The van der Waals surface area contributed by atoms with Gasteiger partial charge in [0.15, 0.2) is 0 Å². The van der Waals surface area contributed by atoms with Crippen LogP contribution in [0.5, 0.6) is 5.75 Å². The van der Waals surface area contributed by atoms with Crippen molar-refractivity contribution >= 4 is 39.1 Å². The predicted octanol–water partition coefficient (Wildman–Crippen LogP) is 9.74. The Morgan fingerprint density at radius 3 is 1.63 bits per heavy atom. The van der Waals surface area contributed by atoms with E-state index in [9.17, 15) is 9.90 Å². The summed E-state index contributed by atoms with van der Waals surface area (Å²) in [7, 11) is 0. The Bertz CT molecular complexity index is 1580. The summed E-state index contributed by atoms with van der Waals surface area (Å²) in [6.07, 6.45) is 0. The van der Waals surface area contributed by atoms with Crippen molar-refractivity contribution in [2.45, 2.75) is 31.6 Å². The zero-order valence-corrected chi connectivity index (χ0v) is 25.5. The van der Waals surface area contributed by atoms with Crippen molar-refractivity contribution < 1.29 is 9.90 Å². The number of carbonyl (C=O) groups is 1. The van der Waals surface area contributed by atoms with Crippen LogP contribution >= 0.6 is 27.5 Å². The molecule has 0 aliphatic heterocycles. The number of nitrogens with one attached hydrogen (secondary N) is 1. The number of phenols is 1. The molecule has 5 rings (SSSR count). The van der Waals surface area contributed by atoms with Crippen molar-refractivity contribution in [2.24, 2.45) is 0 Å². The SMILES string of the molecule is CC(C)(C)c1cc(Br)cc(C(=O)Nc2ccc(C(c3ccccc3)(c3ccccc3)c3ccccc3)cc2Cl)c1O. The predicted molar refractivity (Wildman–Crippen MR) is 172 cm³/mol. The molecule has 1 amide bonds. The van der Waals surface area contributed by atoms with E-state index < -0.39 is 11.3 Å². The highest BCUT2D eigenvalue weighted by molar-refractivity contribution is 9.10. The number of carbonyl (C=O) groups excluding carboxylic acids is 1. The topological polar surface area (TPSA) is 49.3 Å². The number of amides is 1. The average molecular weight is 625 g/mol. The number of anilines is 1. The van der Waals surface area contributed by atoms with Gasteiger partial charge < -0.3 is 10.4 Å². The molecule has 0 spiro atoms. The van der Waals surface area contributed by atoms with E-state index in [0.29, 0.717) is 20.7 Å². The van der Waals surface area contributed by atoms with Gasteiger partial charge in [-0.1, -0.05) is 145 Å². The van der Waals surface area contributed by atoms with Crippen molar-refractivity contribution in [2.75, 3.05) is 5.32 Å². The molecule has 5 heteroatoms. The molecular formula is C36H31BrClNO2. The summed E-state index contributed by atoms with van der Waals surface area (Å²) in [6, 6.07) is 40.3. The average Bonchev–Trinajstić information content (AvgIpc) is 2.97. The second-order valence-electron chi connectivity index (χ2n) is 11.1. The van der Waals surface area contributed by atoms with Crippen LogP contribution in [-0.4, -0.2) is 11.0 Å². The Balaban J connectivity index is 1.63. The number of hydrogen-bond donors (Lipinski definition) is 2. The van der Waals surface area contributed by atoms with Crippen molar-refractivity contribution in [1.29, 1.82) is 0 Å². The third kappa shape index (κ3) is 5.55. The van der Waals surface area contributed by atoms with Crippen LogP contribution in [0.2, 0.25) is 5.02 Å². The van der Waals surface area contributed by atoms with Crippen LogP contribution in [0, 0.1) is 0 Å². The standard InChI is InChI=1S/C36H31BrClNO2/c1-35(2,3)30-23-28(37)22-29(33(30)40)34(41)39-32-20-19-27(21-31(32)38)36(24-13-7-4-8-14-24,25-15-9-5-10-16-25)26-17-11-6-12-18-26/h4-23,40H,1-3H3,(H,39,41). The Morgan fingerprint density at radius 1 is 0.707 bits per heavy atom. The molecule has 206 valence electrons. The van der Waals surface area contributed by atoms with Crippen molar-refractivity contribution in [3.63, 3.8) is 0 Å². The summed E-state index contributed by atoms with van der Waals surface area (Å²) in [6.45, 7) is 5.97. The van der Waals surface area contributed by atoms with Crippen LogP contribution in [-0.2, 0) is 10.8 Å². The Morgan fingerprint density at radius 2 is 1.20 bits per heavy atom. The molecule has 5 aromatic carbocycles. The molecular weight excluding hydrogens is 594 g/mol. The van der Waals surface area contributed by atoms with Gasteiger partial charge >= 0.3 is 0 Å². The van der Waals surface area contributed by atoms with Gasteiger partial charge in [0.05, 0.1) is 21.7 Å². The summed E-state index contributed by atoms with van der Waals surface area (Å²) in [5.41, 5.74) is 4.56. The Hall–Kier alpha value is -3.86. The fourth-order valence-electron chi connectivity index (χ4n) is 5.45. The summed E-state index contributed by atoms with van der Waals surface area (Å²) < 4.78 is 0.713. The van der Waals surface area contributed by atoms with Crippen molar-refractivity contribution in [1.82, 2.24) is 0 Å². The van der Waals surface area contributed by atoms with Crippen LogP contribution in [0.3, 0.4) is 0 Å². The van der Waals surface area contributed by atoms with Crippen LogP contribution in [0.15, 0.2) is 126 Å². The van der Waals surface area contributed by atoms with Gasteiger partial charge in [0, 0.05) is 10.0 Å². The van der Waals surface area contributed by atoms with Gasteiger partial charge in [0.2, 0.25) is 0 Å². The fraction of sp³-hybridized carbons (Fsp3) is 0.139. The maximum atomic E-state index is 13.4. The van der Waals surface area contributed by atoms with Gasteiger partial charge in [-0.2, -0.15) is 0 Å². The van der Waals surface area contributed by atoms with Crippen LogP contribution in [0.4, 0.5) is 5.69 Å². The van der Waals surface area contributed by atoms with Gasteiger partial charge in [-0.3, -0.25) is 4.79 Å². The zero-order valence-electron chi connectivity index (χ0n) is 23.2. The molecule has 0 aliphatic rings. The minimum absolute atomic E-state index is 0.0396. The van der Waals surface area contributed by atoms with E-state index in [0.717, 1.165) is 22.3 Å². The zero-order chi connectivity index (χ0) is 29.2. The first-order valence-electron chi connectivity index (χ1n) is 13.4. The van der Waals surface area contributed by atoms with E-state index in [-0.39, 0.29) is 16.7 Å². The molecule has 0 saturated carbocycles. The summed E-state index contributed by atoms with van der Waals surface area (Å²) in [5, 5.41) is 14.3. The Kier molecular flexibility index (Phi) is 8.08. The second kappa shape index (κ2) is 11.6. The number of phenolic OH excluding ortho intramolecular Hbond substituents is 1. The molecule has 3 nitrogen and oxygen atoms in total. The van der Waals surface area contributed by atoms with E-state index in [1.807, 2.05) is 99.6 Å². The fourth-order valence-corrected chi connectivity index (χ4v) is 6.13. The highest BCUT2D eigenvalue weighted by Crippen LogP contribution is 2.46. The minimum atomic E-state index is -0.653. The van der Waals surface area contributed by atoms with Crippen molar-refractivity contribution in [3.05, 3.63) is 164 Å². The van der Waals surface area contributed by atoms with Crippen molar-refractivity contribution in [3.8, 4) is 5.75 Å². The summed E-state index contributed by atoms with van der Waals surface area (Å²) >= 11 is 10.4. The monoisotopic (exact) mass is 623 g/mol. The third-order valence-electron chi connectivity index (χ3n) is 7.40. The first kappa shape index (κ1) is 28.7. The molecule has 0 saturated heterocycles. The van der Waals surface area contributed by atoms with E-state index in [4.69, 9.17) is 11.6 Å². The first-order chi connectivity index (χ1) is 19.6. The number of rotatable bonds is 6. The lowest BCUT2D eigenvalue weighted by Gasteiger charge is -2.37. The highest BCUT2D eigenvalue weighted by atomic mass is 79.9. The minimum Gasteiger partial charge on any atom is -0.507 e. The van der Waals surface area contributed by atoms with Crippen LogP contribution in [0.1, 0.15) is 58.9 Å². The number of hydrogen-bond acceptors (Lipinski definition) is 2. The molecule has 2 N–H and O–H groups in total. The molecule has 0 atom stereocenters. The smallest absolute Gasteiger partial charge is 0.259 e. The van der Waals surface area contributed by atoms with E-state index >= 15 is 0 Å². The number of halogens is 2. The van der Waals surface area contributed by atoms with Crippen LogP contribution < -0.4 is 5.32 Å². The second-order valence-corrected chi connectivity index (χ2v) is 12.4. The van der Waals surface area contributed by atoms with Gasteiger partial charge in [-0.25, -0.2) is 0 Å². The largest absolute Gasteiger partial charge is 0.507 e. The van der Waals surface area contributed by atoms with Crippen LogP contribution in [0.25, 0.3) is 0 Å². The van der Waals surface area contributed by atoms with E-state index in [2.05, 4.69) is 57.6 Å². The molecule has 41 heavy (non-hydrogen) atoms. The Labute approximate surface area is 255 Å². The van der Waals surface area contributed by atoms with Gasteiger partial charge in [0.1, 0.15) is 5.75 Å². The van der Waals surface area contributed by atoms with E-state index in [1.54, 1.807) is 6.07 Å². The quantitative estimate of drug-likeness (QED) is 0.185. The lowest BCUT2D eigenvalue weighted by molar-refractivity contribution is 0.102.